The highest BCUT2D eigenvalue weighted by molar-refractivity contribution is 7.89. The van der Waals surface area contributed by atoms with Crippen molar-refractivity contribution in [2.75, 3.05) is 47.4 Å². The molecule has 9 heteroatoms. The van der Waals surface area contributed by atoms with Crippen LogP contribution in [-0.4, -0.2) is 71.6 Å². The van der Waals surface area contributed by atoms with Gasteiger partial charge in [-0.2, -0.15) is 0 Å². The number of methoxy groups -OCH3 is 2. The lowest BCUT2D eigenvalue weighted by Gasteiger charge is -2.40. The molecule has 1 aliphatic rings. The molecule has 168 valence electrons. The lowest BCUT2D eigenvalue weighted by Crippen LogP contribution is -2.49. The number of amides is 1. The van der Waals surface area contributed by atoms with E-state index in [4.69, 9.17) is 9.47 Å². The van der Waals surface area contributed by atoms with Gasteiger partial charge in [-0.05, 0) is 24.7 Å². The average molecular weight is 448 g/mol. The largest absolute Gasteiger partial charge is 0.493 e. The van der Waals surface area contributed by atoms with Gasteiger partial charge in [0.1, 0.15) is 0 Å². The van der Waals surface area contributed by atoms with Gasteiger partial charge in [0.15, 0.2) is 11.5 Å². The third-order valence-electron chi connectivity index (χ3n) is 5.38. The van der Waals surface area contributed by atoms with Gasteiger partial charge in [-0.1, -0.05) is 30.3 Å². The molecule has 2 aromatic carbocycles. The van der Waals surface area contributed by atoms with Gasteiger partial charge in [-0.15, -0.1) is 0 Å². The summed E-state index contributed by atoms with van der Waals surface area (Å²) in [5.74, 6) is 0.695. The van der Waals surface area contributed by atoms with Gasteiger partial charge in [0.2, 0.25) is 15.9 Å². The fourth-order valence-corrected chi connectivity index (χ4v) is 4.73. The second kappa shape index (κ2) is 10.1. The molecular weight excluding hydrogens is 418 g/mol. The zero-order valence-corrected chi connectivity index (χ0v) is 18.9. The van der Waals surface area contributed by atoms with E-state index in [9.17, 15) is 13.2 Å². The molecule has 8 nitrogen and oxygen atoms in total. The maximum absolute atomic E-state index is 12.9. The molecule has 1 amide bonds. The number of rotatable bonds is 8. The van der Waals surface area contributed by atoms with Crippen LogP contribution in [0.15, 0.2) is 53.4 Å². The number of hydrogen-bond donors (Lipinski definition) is 1. The van der Waals surface area contributed by atoms with Crippen LogP contribution in [-0.2, 0) is 14.8 Å². The van der Waals surface area contributed by atoms with Crippen molar-refractivity contribution in [3.8, 4) is 11.5 Å². The van der Waals surface area contributed by atoms with Crippen LogP contribution >= 0.6 is 0 Å². The second-order valence-electron chi connectivity index (χ2n) is 7.44. The van der Waals surface area contributed by atoms with Crippen molar-refractivity contribution in [3.05, 3.63) is 54.1 Å². The first-order valence-corrected chi connectivity index (χ1v) is 11.6. The highest BCUT2D eigenvalue weighted by Crippen LogP contribution is 2.29. The molecule has 3 rings (SSSR count). The molecule has 1 saturated heterocycles. The van der Waals surface area contributed by atoms with E-state index in [1.807, 2.05) is 42.3 Å². The highest BCUT2D eigenvalue weighted by atomic mass is 32.2. The number of carbonyl (C=O) groups is 1. The van der Waals surface area contributed by atoms with Gasteiger partial charge < -0.3 is 19.3 Å². The maximum Gasteiger partial charge on any atom is 0.240 e. The summed E-state index contributed by atoms with van der Waals surface area (Å²) in [6.07, 6.45) is 0.0829. The van der Waals surface area contributed by atoms with Gasteiger partial charge in [0, 0.05) is 38.7 Å². The second-order valence-corrected chi connectivity index (χ2v) is 9.21. The Morgan fingerprint density at radius 1 is 1.06 bits per heavy atom. The number of sulfonamides is 1. The van der Waals surface area contributed by atoms with E-state index in [0.717, 1.165) is 18.7 Å². The Morgan fingerprint density at radius 2 is 1.77 bits per heavy atom. The summed E-state index contributed by atoms with van der Waals surface area (Å²) >= 11 is 0. The van der Waals surface area contributed by atoms with Crippen molar-refractivity contribution in [3.63, 3.8) is 0 Å². The van der Waals surface area contributed by atoms with Crippen molar-refractivity contribution in [1.29, 1.82) is 0 Å². The van der Waals surface area contributed by atoms with Crippen LogP contribution < -0.4 is 14.2 Å². The van der Waals surface area contributed by atoms with Gasteiger partial charge in [-0.25, -0.2) is 13.1 Å². The molecule has 1 heterocycles. The summed E-state index contributed by atoms with van der Waals surface area (Å²) in [5, 5.41) is 0. The Balaban J connectivity index is 1.64. The van der Waals surface area contributed by atoms with Gasteiger partial charge in [0.25, 0.3) is 0 Å². The summed E-state index contributed by atoms with van der Waals surface area (Å²) in [4.78, 5) is 17.0. The van der Waals surface area contributed by atoms with Crippen molar-refractivity contribution < 1.29 is 22.7 Å². The standard InChI is InChI=1S/C22H29N3O5S/c1-24-13-14-25(19(16-24)17-7-5-4-6-8-17)22(26)11-12-23-31(27,28)18-9-10-20(29-2)21(15-18)30-3/h4-10,15,19,23H,11-14,16H2,1-3H3. The molecule has 0 spiro atoms. The Morgan fingerprint density at radius 3 is 2.45 bits per heavy atom. The molecule has 0 aliphatic carbocycles. The fourth-order valence-electron chi connectivity index (χ4n) is 3.68. The zero-order chi connectivity index (χ0) is 22.4. The third-order valence-corrected chi connectivity index (χ3v) is 6.84. The molecule has 0 aromatic heterocycles. The molecule has 0 radical (unpaired) electrons. The topological polar surface area (TPSA) is 88.2 Å². The zero-order valence-electron chi connectivity index (χ0n) is 18.1. The molecule has 1 fully saturated rings. The molecule has 0 bridgehead atoms. The van der Waals surface area contributed by atoms with E-state index in [1.165, 1.54) is 32.4 Å². The number of carbonyl (C=O) groups excluding carboxylic acids is 1. The van der Waals surface area contributed by atoms with Crippen molar-refractivity contribution >= 4 is 15.9 Å². The summed E-state index contributed by atoms with van der Waals surface area (Å²) in [7, 11) is 1.18. The van der Waals surface area contributed by atoms with E-state index in [0.29, 0.717) is 18.0 Å². The lowest BCUT2D eigenvalue weighted by atomic mass is 10.0. The molecular formula is C22H29N3O5S. The maximum atomic E-state index is 12.9. The predicted molar refractivity (Wildman–Crippen MR) is 118 cm³/mol. The summed E-state index contributed by atoms with van der Waals surface area (Å²) in [6.45, 7) is 2.15. The van der Waals surface area contributed by atoms with Crippen LogP contribution in [0.1, 0.15) is 18.0 Å². The molecule has 2 aromatic rings. The van der Waals surface area contributed by atoms with Crippen LogP contribution in [0, 0.1) is 0 Å². The quantitative estimate of drug-likeness (QED) is 0.665. The van der Waals surface area contributed by atoms with Crippen LogP contribution in [0.25, 0.3) is 0 Å². The average Bonchev–Trinajstić information content (AvgIpc) is 2.78. The summed E-state index contributed by atoms with van der Waals surface area (Å²) in [6, 6.07) is 14.2. The van der Waals surface area contributed by atoms with Crippen LogP contribution in [0.2, 0.25) is 0 Å². The van der Waals surface area contributed by atoms with Gasteiger partial charge in [-0.3, -0.25) is 4.79 Å². The van der Waals surface area contributed by atoms with Gasteiger partial charge >= 0.3 is 0 Å². The highest BCUT2D eigenvalue weighted by Gasteiger charge is 2.30. The molecule has 0 saturated carbocycles. The van der Waals surface area contributed by atoms with Crippen LogP contribution in [0.5, 0.6) is 11.5 Å². The Kier molecular flexibility index (Phi) is 7.53. The van der Waals surface area contributed by atoms with E-state index >= 15 is 0 Å². The minimum Gasteiger partial charge on any atom is -0.493 e. The number of hydrogen-bond acceptors (Lipinski definition) is 6. The number of nitrogens with zero attached hydrogens (tertiary/aromatic N) is 2. The Labute approximate surface area is 183 Å². The third kappa shape index (κ3) is 5.55. The van der Waals surface area contributed by atoms with Crippen molar-refractivity contribution in [2.45, 2.75) is 17.4 Å². The van der Waals surface area contributed by atoms with E-state index < -0.39 is 10.0 Å². The molecule has 31 heavy (non-hydrogen) atoms. The Bertz CT molecular complexity index is 997. The summed E-state index contributed by atoms with van der Waals surface area (Å²) < 4.78 is 38.1. The van der Waals surface area contributed by atoms with Gasteiger partial charge in [0.05, 0.1) is 25.2 Å². The first-order valence-electron chi connectivity index (χ1n) is 10.1. The lowest BCUT2D eigenvalue weighted by molar-refractivity contribution is -0.136. The van der Waals surface area contributed by atoms with Crippen molar-refractivity contribution in [2.24, 2.45) is 0 Å². The first-order chi connectivity index (χ1) is 14.9. The Hall–Kier alpha value is -2.62. The smallest absolute Gasteiger partial charge is 0.240 e. The van der Waals surface area contributed by atoms with Crippen LogP contribution in [0.3, 0.4) is 0 Å². The molecule has 1 N–H and O–H groups in total. The van der Waals surface area contributed by atoms with Crippen LogP contribution in [0.4, 0.5) is 0 Å². The minimum absolute atomic E-state index is 0.0172. The predicted octanol–water partition coefficient (Wildman–Crippen LogP) is 1.89. The van der Waals surface area contributed by atoms with E-state index in [1.54, 1.807) is 0 Å². The number of ether oxygens (including phenoxy) is 2. The van der Waals surface area contributed by atoms with Crippen molar-refractivity contribution in [1.82, 2.24) is 14.5 Å². The van der Waals surface area contributed by atoms with E-state index in [-0.39, 0.29) is 29.8 Å². The monoisotopic (exact) mass is 447 g/mol. The normalized spacial score (nSPS) is 17.4. The fraction of sp³-hybridized carbons (Fsp3) is 0.409. The number of benzene rings is 2. The number of piperazine rings is 1. The van der Waals surface area contributed by atoms with E-state index in [2.05, 4.69) is 9.62 Å². The molecule has 1 aliphatic heterocycles. The molecule has 1 unspecified atom stereocenters. The number of likely N-dealkylation sites (N-methyl/N-ethyl adjacent to an activating group) is 1. The SMILES string of the molecule is COc1ccc(S(=O)(=O)NCCC(=O)N2CCN(C)CC2c2ccccc2)cc1OC. The minimum atomic E-state index is -3.78. The molecule has 1 atom stereocenters. The number of nitrogens with one attached hydrogen (secondary N) is 1. The summed E-state index contributed by atoms with van der Waals surface area (Å²) in [5.41, 5.74) is 1.08. The first kappa shape index (κ1) is 23.1.